The van der Waals surface area contributed by atoms with Gasteiger partial charge in [0.25, 0.3) is 5.56 Å². The SMILES string of the molecule is Cc1[nH]c(=O)n(C)c(=O)c1CCC(=O)Nc1ccc(F)cc1F. The van der Waals surface area contributed by atoms with E-state index in [-0.39, 0.29) is 18.5 Å². The number of aryl methyl sites for hydroxylation is 1. The highest BCUT2D eigenvalue weighted by Crippen LogP contribution is 2.15. The van der Waals surface area contributed by atoms with Gasteiger partial charge in [-0.15, -0.1) is 0 Å². The van der Waals surface area contributed by atoms with E-state index >= 15 is 0 Å². The van der Waals surface area contributed by atoms with Crippen molar-refractivity contribution >= 4 is 11.6 Å². The highest BCUT2D eigenvalue weighted by atomic mass is 19.1. The molecule has 0 spiro atoms. The minimum atomic E-state index is -0.880. The molecule has 0 fully saturated rings. The molecule has 1 heterocycles. The molecule has 0 bridgehead atoms. The Morgan fingerprint density at radius 3 is 2.65 bits per heavy atom. The van der Waals surface area contributed by atoms with Crippen LogP contribution in [-0.4, -0.2) is 15.5 Å². The van der Waals surface area contributed by atoms with Crippen molar-refractivity contribution < 1.29 is 13.6 Å². The van der Waals surface area contributed by atoms with Gasteiger partial charge in [-0.05, 0) is 25.5 Å². The number of amides is 1. The summed E-state index contributed by atoms with van der Waals surface area (Å²) in [6.45, 7) is 1.57. The van der Waals surface area contributed by atoms with Crippen molar-refractivity contribution in [2.75, 3.05) is 5.32 Å². The molecule has 1 amide bonds. The maximum Gasteiger partial charge on any atom is 0.328 e. The minimum absolute atomic E-state index is 0.0844. The van der Waals surface area contributed by atoms with Crippen LogP contribution < -0.4 is 16.6 Å². The molecule has 6 nitrogen and oxygen atoms in total. The molecule has 0 unspecified atom stereocenters. The number of aromatic amines is 1. The topological polar surface area (TPSA) is 84.0 Å². The second-order valence-electron chi connectivity index (χ2n) is 5.07. The summed E-state index contributed by atoms with van der Waals surface area (Å²) in [5, 5.41) is 2.31. The lowest BCUT2D eigenvalue weighted by Gasteiger charge is -2.08. The highest BCUT2D eigenvalue weighted by molar-refractivity contribution is 5.90. The summed E-state index contributed by atoms with van der Waals surface area (Å²) in [6.07, 6.45) is 0.00285. The van der Waals surface area contributed by atoms with E-state index in [0.29, 0.717) is 17.3 Å². The monoisotopic (exact) mass is 323 g/mol. The van der Waals surface area contributed by atoms with Gasteiger partial charge in [0, 0.05) is 30.8 Å². The molecular formula is C15H15F2N3O3. The summed E-state index contributed by atoms with van der Waals surface area (Å²) in [4.78, 5) is 37.8. The zero-order valence-electron chi connectivity index (χ0n) is 12.6. The first-order valence-corrected chi connectivity index (χ1v) is 6.83. The summed E-state index contributed by atoms with van der Waals surface area (Å²) < 4.78 is 27.2. The number of nitrogens with zero attached hydrogens (tertiary/aromatic N) is 1. The van der Waals surface area contributed by atoms with Gasteiger partial charge in [-0.25, -0.2) is 13.6 Å². The number of halogens is 2. The lowest BCUT2D eigenvalue weighted by atomic mass is 10.1. The van der Waals surface area contributed by atoms with E-state index in [1.165, 1.54) is 7.05 Å². The molecule has 0 aliphatic heterocycles. The Bertz CT molecular complexity index is 871. The van der Waals surface area contributed by atoms with Gasteiger partial charge in [0.1, 0.15) is 11.6 Å². The average Bonchev–Trinajstić information content (AvgIpc) is 2.48. The molecule has 0 aliphatic carbocycles. The van der Waals surface area contributed by atoms with E-state index in [0.717, 1.165) is 16.7 Å². The van der Waals surface area contributed by atoms with Crippen LogP contribution in [0.4, 0.5) is 14.5 Å². The maximum atomic E-state index is 13.5. The van der Waals surface area contributed by atoms with E-state index in [1.54, 1.807) is 6.92 Å². The number of H-pyrrole nitrogens is 1. The van der Waals surface area contributed by atoms with Crippen molar-refractivity contribution in [3.05, 3.63) is 61.9 Å². The van der Waals surface area contributed by atoms with Crippen molar-refractivity contribution in [3.63, 3.8) is 0 Å². The summed E-state index contributed by atoms with van der Waals surface area (Å²) in [5.41, 5.74) is -0.454. The zero-order valence-corrected chi connectivity index (χ0v) is 12.6. The third-order valence-electron chi connectivity index (χ3n) is 3.42. The van der Waals surface area contributed by atoms with Crippen LogP contribution >= 0.6 is 0 Å². The number of carbonyl (C=O) groups excluding carboxylic acids is 1. The highest BCUT2D eigenvalue weighted by Gasteiger charge is 2.12. The van der Waals surface area contributed by atoms with Crippen LogP contribution in [0.1, 0.15) is 17.7 Å². The second-order valence-corrected chi connectivity index (χ2v) is 5.07. The largest absolute Gasteiger partial charge is 0.328 e. The lowest BCUT2D eigenvalue weighted by molar-refractivity contribution is -0.116. The smallest absolute Gasteiger partial charge is 0.324 e. The number of hydrogen-bond donors (Lipinski definition) is 2. The minimum Gasteiger partial charge on any atom is -0.324 e. The Balaban J connectivity index is 2.10. The summed E-state index contributed by atoms with van der Waals surface area (Å²) >= 11 is 0. The van der Waals surface area contributed by atoms with E-state index in [2.05, 4.69) is 10.3 Å². The van der Waals surface area contributed by atoms with Crippen molar-refractivity contribution in [1.82, 2.24) is 9.55 Å². The first kappa shape index (κ1) is 16.6. The fourth-order valence-electron chi connectivity index (χ4n) is 2.11. The molecule has 2 rings (SSSR count). The Morgan fingerprint density at radius 1 is 1.30 bits per heavy atom. The van der Waals surface area contributed by atoms with E-state index < -0.39 is 28.8 Å². The fourth-order valence-corrected chi connectivity index (χ4v) is 2.11. The standard InChI is InChI=1S/C15H15F2N3O3/c1-8-10(14(22)20(2)15(23)18-8)4-6-13(21)19-12-5-3-9(16)7-11(12)17/h3,5,7H,4,6H2,1-2H3,(H,18,23)(H,19,21). The van der Waals surface area contributed by atoms with Crippen LogP contribution in [0.2, 0.25) is 0 Å². The number of nitrogens with one attached hydrogen (secondary N) is 2. The third-order valence-corrected chi connectivity index (χ3v) is 3.42. The molecule has 0 saturated carbocycles. The van der Waals surface area contributed by atoms with Crippen LogP contribution in [0.3, 0.4) is 0 Å². The van der Waals surface area contributed by atoms with Crippen molar-refractivity contribution in [2.24, 2.45) is 7.05 Å². The molecule has 8 heteroatoms. The molecule has 0 aliphatic rings. The molecule has 0 saturated heterocycles. The lowest BCUT2D eigenvalue weighted by Crippen LogP contribution is -2.36. The van der Waals surface area contributed by atoms with Gasteiger partial charge in [0.15, 0.2) is 0 Å². The fraction of sp³-hybridized carbons (Fsp3) is 0.267. The maximum absolute atomic E-state index is 13.5. The molecule has 1 aromatic heterocycles. The normalized spacial score (nSPS) is 10.6. The molecular weight excluding hydrogens is 308 g/mol. The quantitative estimate of drug-likeness (QED) is 0.888. The van der Waals surface area contributed by atoms with Gasteiger partial charge in [-0.3, -0.25) is 14.2 Å². The Morgan fingerprint density at radius 2 is 2.00 bits per heavy atom. The first-order chi connectivity index (χ1) is 10.8. The summed E-state index contributed by atoms with van der Waals surface area (Å²) in [5.74, 6) is -2.15. The van der Waals surface area contributed by atoms with Gasteiger partial charge in [-0.2, -0.15) is 0 Å². The number of carbonyl (C=O) groups is 1. The van der Waals surface area contributed by atoms with E-state index in [1.807, 2.05) is 0 Å². The predicted molar refractivity (Wildman–Crippen MR) is 80.3 cm³/mol. The average molecular weight is 323 g/mol. The van der Waals surface area contributed by atoms with Gasteiger partial charge in [-0.1, -0.05) is 0 Å². The van der Waals surface area contributed by atoms with Gasteiger partial charge >= 0.3 is 5.69 Å². The van der Waals surface area contributed by atoms with Gasteiger partial charge in [0.2, 0.25) is 5.91 Å². The van der Waals surface area contributed by atoms with Crippen molar-refractivity contribution in [2.45, 2.75) is 19.8 Å². The third kappa shape index (κ3) is 3.71. The summed E-state index contributed by atoms with van der Waals surface area (Å²) in [6, 6.07) is 2.81. The van der Waals surface area contributed by atoms with Gasteiger partial charge in [0.05, 0.1) is 5.69 Å². The van der Waals surface area contributed by atoms with Crippen LogP contribution in [0.25, 0.3) is 0 Å². The summed E-state index contributed by atoms with van der Waals surface area (Å²) in [7, 11) is 1.33. The van der Waals surface area contributed by atoms with Gasteiger partial charge < -0.3 is 10.3 Å². The van der Waals surface area contributed by atoms with Crippen molar-refractivity contribution in [1.29, 1.82) is 0 Å². The van der Waals surface area contributed by atoms with Crippen LogP contribution in [-0.2, 0) is 18.3 Å². The predicted octanol–water partition coefficient (Wildman–Crippen LogP) is 1.23. The zero-order chi connectivity index (χ0) is 17.1. The number of hydrogen-bond acceptors (Lipinski definition) is 3. The number of rotatable bonds is 4. The molecule has 0 atom stereocenters. The number of aromatic nitrogens is 2. The molecule has 0 radical (unpaired) electrons. The molecule has 122 valence electrons. The molecule has 2 aromatic rings. The number of benzene rings is 1. The second kappa shape index (κ2) is 6.55. The Labute approximate surface area is 129 Å². The Hall–Kier alpha value is -2.77. The first-order valence-electron chi connectivity index (χ1n) is 6.83. The molecule has 2 N–H and O–H groups in total. The van der Waals surface area contributed by atoms with Crippen LogP contribution in [0.5, 0.6) is 0 Å². The van der Waals surface area contributed by atoms with E-state index in [9.17, 15) is 23.2 Å². The van der Waals surface area contributed by atoms with E-state index in [4.69, 9.17) is 0 Å². The van der Waals surface area contributed by atoms with Crippen molar-refractivity contribution in [3.8, 4) is 0 Å². The van der Waals surface area contributed by atoms with Crippen LogP contribution in [0.15, 0.2) is 27.8 Å². The molecule has 1 aromatic carbocycles. The Kier molecular flexibility index (Phi) is 4.73. The number of anilines is 1. The van der Waals surface area contributed by atoms with Crippen LogP contribution in [0, 0.1) is 18.6 Å². The molecule has 23 heavy (non-hydrogen) atoms.